The Labute approximate surface area is 144 Å². The maximum Gasteiger partial charge on any atom is 0.248 e. The molecule has 1 aliphatic rings. The van der Waals surface area contributed by atoms with E-state index >= 15 is 0 Å². The molecule has 1 aromatic carbocycles. The molecule has 1 saturated heterocycles. The highest BCUT2D eigenvalue weighted by Gasteiger charge is 2.27. The second-order valence-electron chi connectivity index (χ2n) is 6.96. The summed E-state index contributed by atoms with van der Waals surface area (Å²) in [6.45, 7) is 5.32. The Bertz CT molecular complexity index is 697. The number of aromatic amines is 1. The standard InChI is InChI=1S/C20H27N3O/c1-16-12-19(22(2)14-18-8-10-21-20(24)13-18)9-11-23(16)15-17-6-4-3-5-7-17/h3-8,10,13,16,19H,9,11-12,14-15H2,1-2H3,(H,21,24)/t16-,19-/m1/s1. The summed E-state index contributed by atoms with van der Waals surface area (Å²) in [7, 11) is 2.17. The van der Waals surface area contributed by atoms with Crippen LogP contribution in [0.25, 0.3) is 0 Å². The van der Waals surface area contributed by atoms with Gasteiger partial charge in [-0.3, -0.25) is 14.6 Å². The third-order valence-electron chi connectivity index (χ3n) is 5.11. The van der Waals surface area contributed by atoms with Crippen LogP contribution in [0.3, 0.4) is 0 Å². The zero-order valence-corrected chi connectivity index (χ0v) is 14.6. The van der Waals surface area contributed by atoms with Gasteiger partial charge < -0.3 is 4.98 Å². The first-order chi connectivity index (χ1) is 11.6. The number of hydrogen-bond acceptors (Lipinski definition) is 3. The fourth-order valence-corrected chi connectivity index (χ4v) is 3.65. The molecule has 2 aromatic rings. The van der Waals surface area contributed by atoms with Gasteiger partial charge in [-0.1, -0.05) is 30.3 Å². The lowest BCUT2D eigenvalue weighted by atomic mass is 9.96. The van der Waals surface area contributed by atoms with Crippen molar-refractivity contribution in [2.75, 3.05) is 13.6 Å². The van der Waals surface area contributed by atoms with Crippen LogP contribution in [0.4, 0.5) is 0 Å². The Hall–Kier alpha value is -1.91. The van der Waals surface area contributed by atoms with E-state index in [1.54, 1.807) is 12.3 Å². The molecule has 24 heavy (non-hydrogen) atoms. The maximum atomic E-state index is 11.4. The van der Waals surface area contributed by atoms with Gasteiger partial charge in [0.1, 0.15) is 0 Å². The van der Waals surface area contributed by atoms with E-state index in [1.807, 2.05) is 6.07 Å². The predicted octanol–water partition coefficient (Wildman–Crippen LogP) is 2.86. The third-order valence-corrected chi connectivity index (χ3v) is 5.11. The molecular formula is C20H27N3O. The van der Waals surface area contributed by atoms with E-state index in [0.717, 1.165) is 25.2 Å². The Balaban J connectivity index is 1.55. The highest BCUT2D eigenvalue weighted by atomic mass is 16.1. The van der Waals surface area contributed by atoms with E-state index in [4.69, 9.17) is 0 Å². The zero-order valence-electron chi connectivity index (χ0n) is 14.6. The minimum Gasteiger partial charge on any atom is -0.329 e. The second-order valence-corrected chi connectivity index (χ2v) is 6.96. The van der Waals surface area contributed by atoms with Crippen molar-refractivity contribution >= 4 is 0 Å². The van der Waals surface area contributed by atoms with Crippen LogP contribution in [0.15, 0.2) is 53.5 Å². The van der Waals surface area contributed by atoms with Crippen molar-refractivity contribution in [1.29, 1.82) is 0 Å². The molecule has 0 aliphatic carbocycles. The van der Waals surface area contributed by atoms with Crippen LogP contribution in [-0.2, 0) is 13.1 Å². The molecule has 2 heterocycles. The highest BCUT2D eigenvalue weighted by molar-refractivity contribution is 5.15. The topological polar surface area (TPSA) is 39.3 Å². The van der Waals surface area contributed by atoms with Crippen molar-refractivity contribution in [3.05, 3.63) is 70.1 Å². The Morgan fingerprint density at radius 3 is 2.71 bits per heavy atom. The summed E-state index contributed by atoms with van der Waals surface area (Å²) in [6.07, 6.45) is 4.08. The molecule has 1 aromatic heterocycles. The van der Waals surface area contributed by atoms with Crippen LogP contribution in [0.2, 0.25) is 0 Å². The molecule has 2 atom stereocenters. The Kier molecular flexibility index (Phi) is 5.48. The van der Waals surface area contributed by atoms with Crippen molar-refractivity contribution in [1.82, 2.24) is 14.8 Å². The van der Waals surface area contributed by atoms with Crippen molar-refractivity contribution in [2.24, 2.45) is 0 Å². The predicted molar refractivity (Wildman–Crippen MR) is 97.9 cm³/mol. The molecule has 0 amide bonds. The van der Waals surface area contributed by atoms with Gasteiger partial charge >= 0.3 is 0 Å². The van der Waals surface area contributed by atoms with Gasteiger partial charge in [-0.05, 0) is 44.0 Å². The molecule has 0 spiro atoms. The molecule has 1 aliphatic heterocycles. The number of nitrogens with one attached hydrogen (secondary N) is 1. The first-order valence-electron chi connectivity index (χ1n) is 8.77. The van der Waals surface area contributed by atoms with Crippen LogP contribution in [-0.4, -0.2) is 40.5 Å². The Morgan fingerprint density at radius 1 is 1.21 bits per heavy atom. The SMILES string of the molecule is C[C@@H]1C[C@H](N(C)Cc2cc[nH]c(=O)c2)CCN1Cc1ccccc1. The molecule has 128 valence electrons. The number of rotatable bonds is 5. The first-order valence-corrected chi connectivity index (χ1v) is 8.77. The average molecular weight is 325 g/mol. The van der Waals surface area contributed by atoms with Crippen LogP contribution in [0, 0.1) is 0 Å². The van der Waals surface area contributed by atoms with Gasteiger partial charge in [-0.2, -0.15) is 0 Å². The lowest BCUT2D eigenvalue weighted by Crippen LogP contribution is -2.47. The number of H-pyrrole nitrogens is 1. The van der Waals surface area contributed by atoms with E-state index in [-0.39, 0.29) is 5.56 Å². The normalized spacial score (nSPS) is 22.0. The molecule has 1 fully saturated rings. The second kappa shape index (κ2) is 7.77. The monoisotopic (exact) mass is 325 g/mol. The summed E-state index contributed by atoms with van der Waals surface area (Å²) in [5.41, 5.74) is 2.45. The number of aromatic nitrogens is 1. The number of pyridine rings is 1. The van der Waals surface area contributed by atoms with Crippen molar-refractivity contribution in [2.45, 2.75) is 44.9 Å². The van der Waals surface area contributed by atoms with Crippen LogP contribution < -0.4 is 5.56 Å². The highest BCUT2D eigenvalue weighted by Crippen LogP contribution is 2.23. The van der Waals surface area contributed by atoms with E-state index in [2.05, 4.69) is 59.1 Å². The van der Waals surface area contributed by atoms with E-state index in [9.17, 15) is 4.79 Å². The molecule has 0 radical (unpaired) electrons. The number of hydrogen-bond donors (Lipinski definition) is 1. The van der Waals surface area contributed by atoms with Gasteiger partial charge in [0.05, 0.1) is 0 Å². The van der Waals surface area contributed by atoms with Gasteiger partial charge in [0.2, 0.25) is 5.56 Å². The smallest absolute Gasteiger partial charge is 0.248 e. The van der Waals surface area contributed by atoms with Crippen LogP contribution in [0.5, 0.6) is 0 Å². The minimum absolute atomic E-state index is 0.0213. The molecule has 0 unspecified atom stereocenters. The van der Waals surface area contributed by atoms with Crippen molar-refractivity contribution in [3.63, 3.8) is 0 Å². The van der Waals surface area contributed by atoms with Crippen molar-refractivity contribution in [3.8, 4) is 0 Å². The van der Waals surface area contributed by atoms with Gasteiger partial charge in [0.15, 0.2) is 0 Å². The van der Waals surface area contributed by atoms with Crippen molar-refractivity contribution < 1.29 is 0 Å². The van der Waals surface area contributed by atoms with E-state index in [1.165, 1.54) is 18.4 Å². The number of piperidine rings is 1. The summed E-state index contributed by atoms with van der Waals surface area (Å²) in [5, 5.41) is 0. The lowest BCUT2D eigenvalue weighted by Gasteiger charge is -2.41. The van der Waals surface area contributed by atoms with Crippen LogP contribution in [0.1, 0.15) is 30.9 Å². The summed E-state index contributed by atoms with van der Waals surface area (Å²) < 4.78 is 0. The van der Waals surface area contributed by atoms with Gasteiger partial charge in [0, 0.05) is 44.0 Å². The molecule has 1 N–H and O–H groups in total. The fraction of sp³-hybridized carbons (Fsp3) is 0.450. The van der Waals surface area contributed by atoms with Gasteiger partial charge in [-0.25, -0.2) is 0 Å². The van der Waals surface area contributed by atoms with Gasteiger partial charge in [-0.15, -0.1) is 0 Å². The Morgan fingerprint density at radius 2 is 2.00 bits per heavy atom. The summed E-state index contributed by atoms with van der Waals surface area (Å²) in [4.78, 5) is 19.1. The minimum atomic E-state index is -0.0213. The molecule has 0 saturated carbocycles. The number of nitrogens with zero attached hydrogens (tertiary/aromatic N) is 2. The maximum absolute atomic E-state index is 11.4. The molecule has 4 nitrogen and oxygen atoms in total. The van der Waals surface area contributed by atoms with Gasteiger partial charge in [0.25, 0.3) is 0 Å². The van der Waals surface area contributed by atoms with E-state index in [0.29, 0.717) is 12.1 Å². The molecular weight excluding hydrogens is 298 g/mol. The molecule has 4 heteroatoms. The summed E-state index contributed by atoms with van der Waals surface area (Å²) >= 11 is 0. The quantitative estimate of drug-likeness (QED) is 0.919. The molecule has 0 bridgehead atoms. The average Bonchev–Trinajstić information content (AvgIpc) is 2.57. The summed E-state index contributed by atoms with van der Waals surface area (Å²) in [5.74, 6) is 0. The summed E-state index contributed by atoms with van der Waals surface area (Å²) in [6, 6.07) is 15.6. The number of benzene rings is 1. The largest absolute Gasteiger partial charge is 0.329 e. The molecule has 3 rings (SSSR count). The van der Waals surface area contributed by atoms with Crippen LogP contribution >= 0.6 is 0 Å². The number of likely N-dealkylation sites (tertiary alicyclic amines) is 1. The fourth-order valence-electron chi connectivity index (χ4n) is 3.65. The third kappa shape index (κ3) is 4.34. The zero-order chi connectivity index (χ0) is 16.9. The first kappa shape index (κ1) is 16.9. The lowest BCUT2D eigenvalue weighted by molar-refractivity contribution is 0.0771. The van der Waals surface area contributed by atoms with E-state index < -0.39 is 0 Å².